The van der Waals surface area contributed by atoms with Crippen molar-refractivity contribution in [1.29, 1.82) is 0 Å². The van der Waals surface area contributed by atoms with Crippen molar-refractivity contribution in [3.05, 3.63) is 65.7 Å². The summed E-state index contributed by atoms with van der Waals surface area (Å²) in [6, 6.07) is 18.7. The van der Waals surface area contributed by atoms with E-state index in [4.69, 9.17) is 4.74 Å². The van der Waals surface area contributed by atoms with Crippen LogP contribution >= 0.6 is 0 Å². The summed E-state index contributed by atoms with van der Waals surface area (Å²) in [5.74, 6) is 0.619. The lowest BCUT2D eigenvalue weighted by molar-refractivity contribution is -0.117. The molecule has 3 rings (SSSR count). The lowest BCUT2D eigenvalue weighted by atomic mass is 9.98. The van der Waals surface area contributed by atoms with E-state index in [2.05, 4.69) is 29.6 Å². The highest BCUT2D eigenvalue weighted by molar-refractivity contribution is 5.95. The molecule has 25 heavy (non-hydrogen) atoms. The lowest BCUT2D eigenvalue weighted by Gasteiger charge is -2.16. The van der Waals surface area contributed by atoms with E-state index in [-0.39, 0.29) is 5.91 Å². The van der Waals surface area contributed by atoms with Crippen molar-refractivity contribution in [1.82, 2.24) is 5.32 Å². The largest absolute Gasteiger partial charge is 0.383 e. The van der Waals surface area contributed by atoms with E-state index in [1.165, 1.54) is 11.1 Å². The van der Waals surface area contributed by atoms with E-state index in [0.29, 0.717) is 12.3 Å². The zero-order valence-corrected chi connectivity index (χ0v) is 14.8. The first-order chi connectivity index (χ1) is 12.3. The molecular formula is C21H26N2O2. The topological polar surface area (TPSA) is 41.6 Å². The summed E-state index contributed by atoms with van der Waals surface area (Å²) in [6.45, 7) is 3.25. The van der Waals surface area contributed by atoms with Gasteiger partial charge in [0.15, 0.2) is 0 Å². The molecule has 0 aromatic heterocycles. The highest BCUT2D eigenvalue weighted by Gasteiger charge is 2.30. The Kier molecular flexibility index (Phi) is 6.20. The lowest BCUT2D eigenvalue weighted by Crippen LogP contribution is -2.24. The molecule has 1 heterocycles. The van der Waals surface area contributed by atoms with Crippen molar-refractivity contribution < 1.29 is 9.53 Å². The maximum Gasteiger partial charge on any atom is 0.227 e. The average molecular weight is 338 g/mol. The first-order valence-corrected chi connectivity index (χ1v) is 8.89. The summed E-state index contributed by atoms with van der Waals surface area (Å²) in [7, 11) is 1.71. The summed E-state index contributed by atoms with van der Waals surface area (Å²) < 4.78 is 5.03. The van der Waals surface area contributed by atoms with Crippen LogP contribution in [0.3, 0.4) is 0 Å². The van der Waals surface area contributed by atoms with Crippen molar-refractivity contribution in [2.45, 2.75) is 19.4 Å². The number of rotatable bonds is 8. The summed E-state index contributed by atoms with van der Waals surface area (Å²) in [4.78, 5) is 14.2. The third-order valence-corrected chi connectivity index (χ3v) is 4.63. The Balaban J connectivity index is 1.52. The highest BCUT2D eigenvalue weighted by Crippen LogP contribution is 2.27. The Morgan fingerprint density at radius 3 is 2.52 bits per heavy atom. The second-order valence-corrected chi connectivity index (χ2v) is 6.60. The Hall–Kier alpha value is -2.17. The predicted molar refractivity (Wildman–Crippen MR) is 101 cm³/mol. The van der Waals surface area contributed by atoms with Crippen LogP contribution in [0, 0.1) is 5.92 Å². The molecule has 132 valence electrons. The van der Waals surface area contributed by atoms with Gasteiger partial charge in [-0.25, -0.2) is 0 Å². The van der Waals surface area contributed by atoms with Gasteiger partial charge < -0.3 is 15.0 Å². The third-order valence-electron chi connectivity index (χ3n) is 4.63. The van der Waals surface area contributed by atoms with Crippen molar-refractivity contribution in [2.75, 3.05) is 31.7 Å². The highest BCUT2D eigenvalue weighted by atomic mass is 16.5. The number of hydrogen-bond acceptors (Lipinski definition) is 3. The fraction of sp³-hybridized carbons (Fsp3) is 0.381. The molecule has 0 spiro atoms. The Bertz CT molecular complexity index is 670. The average Bonchev–Trinajstić information content (AvgIpc) is 3.01. The van der Waals surface area contributed by atoms with E-state index in [1.807, 2.05) is 35.2 Å². The van der Waals surface area contributed by atoms with Crippen LogP contribution in [-0.4, -0.2) is 32.7 Å². The number of nitrogens with one attached hydrogen (secondary N) is 1. The molecule has 0 bridgehead atoms. The van der Waals surface area contributed by atoms with Gasteiger partial charge in [0, 0.05) is 38.9 Å². The molecule has 0 radical (unpaired) electrons. The summed E-state index contributed by atoms with van der Waals surface area (Å²) in [6.07, 6.45) is 1.58. The molecule has 1 fully saturated rings. The number of nitrogens with zero attached hydrogens (tertiary/aromatic N) is 1. The number of para-hydroxylation sites is 1. The van der Waals surface area contributed by atoms with Gasteiger partial charge in [-0.3, -0.25) is 4.79 Å². The second kappa shape index (κ2) is 8.79. The number of ether oxygens (including phenoxy) is 1. The third kappa shape index (κ3) is 4.91. The zero-order chi connectivity index (χ0) is 17.5. The van der Waals surface area contributed by atoms with E-state index in [1.54, 1.807) is 7.11 Å². The maximum atomic E-state index is 12.3. The quantitative estimate of drug-likeness (QED) is 0.752. The second-order valence-electron chi connectivity index (χ2n) is 6.60. The van der Waals surface area contributed by atoms with E-state index >= 15 is 0 Å². The van der Waals surface area contributed by atoms with Crippen molar-refractivity contribution in [3.63, 3.8) is 0 Å². The number of hydrogen-bond donors (Lipinski definition) is 1. The molecule has 0 unspecified atom stereocenters. The Labute approximate surface area is 149 Å². The monoisotopic (exact) mass is 338 g/mol. The minimum Gasteiger partial charge on any atom is -0.383 e. The first kappa shape index (κ1) is 17.6. The van der Waals surface area contributed by atoms with Crippen LogP contribution in [-0.2, 0) is 22.5 Å². The van der Waals surface area contributed by atoms with Crippen molar-refractivity contribution in [3.8, 4) is 0 Å². The van der Waals surface area contributed by atoms with Gasteiger partial charge in [-0.2, -0.15) is 0 Å². The molecule has 0 saturated carbocycles. The minimum absolute atomic E-state index is 0.232. The Morgan fingerprint density at radius 2 is 1.80 bits per heavy atom. The molecule has 1 aliphatic rings. The minimum atomic E-state index is 0.232. The SMILES string of the molecule is COCCNCc1ccc(C[C@@H]2CC(=O)N(c3ccccc3)C2)cc1. The van der Waals surface area contributed by atoms with Crippen LogP contribution in [0.15, 0.2) is 54.6 Å². The number of benzene rings is 2. The molecule has 4 nitrogen and oxygen atoms in total. The normalized spacial score (nSPS) is 17.2. The molecule has 1 saturated heterocycles. The summed E-state index contributed by atoms with van der Waals surface area (Å²) in [5.41, 5.74) is 3.58. The van der Waals surface area contributed by atoms with Gasteiger partial charge in [0.2, 0.25) is 5.91 Å². The number of amides is 1. The predicted octanol–water partition coefficient (Wildman–Crippen LogP) is 3.02. The van der Waals surface area contributed by atoms with E-state index in [9.17, 15) is 4.79 Å². The molecule has 0 aliphatic carbocycles. The molecule has 2 aromatic carbocycles. The number of carbonyl (C=O) groups is 1. The number of methoxy groups -OCH3 is 1. The van der Waals surface area contributed by atoms with Gasteiger partial charge >= 0.3 is 0 Å². The maximum absolute atomic E-state index is 12.3. The standard InChI is InChI=1S/C21H26N2O2/c1-25-12-11-22-15-18-9-7-17(8-10-18)13-19-14-21(24)23(16-19)20-5-3-2-4-6-20/h2-10,19,22H,11-16H2,1H3/t19-/m1/s1. The summed E-state index contributed by atoms with van der Waals surface area (Å²) >= 11 is 0. The molecule has 2 aromatic rings. The number of carbonyl (C=O) groups excluding carboxylic acids is 1. The van der Waals surface area contributed by atoms with Crippen LogP contribution in [0.1, 0.15) is 17.5 Å². The molecule has 1 aliphatic heterocycles. The fourth-order valence-corrected chi connectivity index (χ4v) is 3.31. The van der Waals surface area contributed by atoms with E-state index < -0.39 is 0 Å². The van der Waals surface area contributed by atoms with Gasteiger partial charge in [0.1, 0.15) is 0 Å². The van der Waals surface area contributed by atoms with Crippen molar-refractivity contribution >= 4 is 11.6 Å². The summed E-state index contributed by atoms with van der Waals surface area (Å²) in [5, 5.41) is 3.35. The fourth-order valence-electron chi connectivity index (χ4n) is 3.31. The van der Waals surface area contributed by atoms with Gasteiger partial charge in [-0.15, -0.1) is 0 Å². The Morgan fingerprint density at radius 1 is 1.08 bits per heavy atom. The molecule has 1 N–H and O–H groups in total. The number of anilines is 1. The van der Waals surface area contributed by atoms with Crippen LogP contribution in [0.4, 0.5) is 5.69 Å². The molecular weight excluding hydrogens is 312 g/mol. The van der Waals surface area contributed by atoms with Crippen LogP contribution in [0.5, 0.6) is 0 Å². The molecule has 4 heteroatoms. The smallest absolute Gasteiger partial charge is 0.227 e. The van der Waals surface area contributed by atoms with Gasteiger partial charge in [-0.1, -0.05) is 42.5 Å². The molecule has 1 amide bonds. The first-order valence-electron chi connectivity index (χ1n) is 8.89. The van der Waals surface area contributed by atoms with Crippen LogP contribution < -0.4 is 10.2 Å². The van der Waals surface area contributed by atoms with Crippen LogP contribution in [0.25, 0.3) is 0 Å². The van der Waals surface area contributed by atoms with Gasteiger partial charge in [-0.05, 0) is 35.6 Å². The van der Waals surface area contributed by atoms with Gasteiger partial charge in [0.25, 0.3) is 0 Å². The van der Waals surface area contributed by atoms with E-state index in [0.717, 1.165) is 38.3 Å². The van der Waals surface area contributed by atoms with Crippen LogP contribution in [0.2, 0.25) is 0 Å². The molecule has 1 atom stereocenters. The zero-order valence-electron chi connectivity index (χ0n) is 14.8. The van der Waals surface area contributed by atoms with Crippen molar-refractivity contribution in [2.24, 2.45) is 5.92 Å². The van der Waals surface area contributed by atoms with Gasteiger partial charge in [0.05, 0.1) is 6.61 Å².